The molecule has 0 fully saturated rings. The molecule has 0 aliphatic heterocycles. The van der Waals surface area contributed by atoms with Crippen molar-refractivity contribution in [2.24, 2.45) is 5.92 Å². The Balaban J connectivity index is 2.17. The molecule has 1 aromatic heterocycles. The van der Waals surface area contributed by atoms with Gasteiger partial charge in [0.05, 0.1) is 17.9 Å². The largest absolute Gasteiger partial charge is 0.344 e. The van der Waals surface area contributed by atoms with E-state index in [9.17, 15) is 4.79 Å². The molecule has 22 heavy (non-hydrogen) atoms. The fraction of sp³-hybridized carbons (Fsp3) is 0.389. The Bertz CT molecular complexity index is 618. The molecule has 1 amide bonds. The molecule has 1 heterocycles. The lowest BCUT2D eigenvalue weighted by atomic mass is 9.94. The first-order chi connectivity index (χ1) is 10.5. The lowest BCUT2D eigenvalue weighted by Crippen LogP contribution is -2.32. The third-order valence-corrected chi connectivity index (χ3v) is 3.71. The molecule has 4 heteroatoms. The molecule has 1 atom stereocenters. The van der Waals surface area contributed by atoms with Crippen LogP contribution >= 0.6 is 0 Å². The summed E-state index contributed by atoms with van der Waals surface area (Å²) in [6.45, 7) is 8.17. The van der Waals surface area contributed by atoms with Crippen LogP contribution in [-0.4, -0.2) is 15.9 Å². The van der Waals surface area contributed by atoms with E-state index in [0.29, 0.717) is 5.69 Å². The number of hydrogen-bond donors (Lipinski definition) is 1. The molecule has 0 aliphatic rings. The highest BCUT2D eigenvalue weighted by molar-refractivity contribution is 5.92. The van der Waals surface area contributed by atoms with Gasteiger partial charge in [0.1, 0.15) is 5.69 Å². The molecule has 116 valence electrons. The van der Waals surface area contributed by atoms with Gasteiger partial charge in [0.15, 0.2) is 0 Å². The second kappa shape index (κ2) is 7.16. The van der Waals surface area contributed by atoms with E-state index in [1.807, 2.05) is 6.92 Å². The number of benzene rings is 1. The Labute approximate surface area is 132 Å². The quantitative estimate of drug-likeness (QED) is 0.919. The molecule has 0 aliphatic carbocycles. The molecular formula is C18H23N3O. The molecular weight excluding hydrogens is 274 g/mol. The zero-order valence-electron chi connectivity index (χ0n) is 13.6. The van der Waals surface area contributed by atoms with Crippen molar-refractivity contribution in [1.29, 1.82) is 0 Å². The van der Waals surface area contributed by atoms with Gasteiger partial charge in [0.25, 0.3) is 5.91 Å². The van der Waals surface area contributed by atoms with Crippen molar-refractivity contribution in [2.75, 3.05) is 0 Å². The van der Waals surface area contributed by atoms with E-state index < -0.39 is 0 Å². The van der Waals surface area contributed by atoms with Gasteiger partial charge in [-0.1, -0.05) is 45.0 Å². The standard InChI is InChI=1S/C18H23N3O/c1-5-14-6-8-15(9-7-14)17(12(2)3)21-18(22)16-11-19-13(4)10-20-16/h6-12,17H,5H2,1-4H3,(H,21,22). The van der Waals surface area contributed by atoms with Gasteiger partial charge in [-0.25, -0.2) is 4.98 Å². The van der Waals surface area contributed by atoms with Crippen LogP contribution in [0.2, 0.25) is 0 Å². The van der Waals surface area contributed by atoms with Crippen LogP contribution in [0.1, 0.15) is 54.1 Å². The first kappa shape index (κ1) is 16.1. The highest BCUT2D eigenvalue weighted by Gasteiger charge is 2.19. The molecule has 0 bridgehead atoms. The molecule has 2 aromatic rings. The third-order valence-electron chi connectivity index (χ3n) is 3.71. The normalized spacial score (nSPS) is 12.2. The van der Waals surface area contributed by atoms with Crippen molar-refractivity contribution in [2.45, 2.75) is 40.2 Å². The second-order valence-corrected chi connectivity index (χ2v) is 5.83. The maximum absolute atomic E-state index is 12.4. The number of amides is 1. The predicted molar refractivity (Wildman–Crippen MR) is 87.6 cm³/mol. The topological polar surface area (TPSA) is 54.9 Å². The van der Waals surface area contributed by atoms with E-state index in [1.165, 1.54) is 11.8 Å². The van der Waals surface area contributed by atoms with Crippen LogP contribution in [-0.2, 0) is 6.42 Å². The lowest BCUT2D eigenvalue weighted by molar-refractivity contribution is 0.0920. The summed E-state index contributed by atoms with van der Waals surface area (Å²) in [6.07, 6.45) is 4.13. The Morgan fingerprint density at radius 3 is 2.32 bits per heavy atom. The number of nitrogens with zero attached hydrogens (tertiary/aromatic N) is 2. The van der Waals surface area contributed by atoms with Gasteiger partial charge in [0, 0.05) is 6.20 Å². The molecule has 4 nitrogen and oxygen atoms in total. The lowest BCUT2D eigenvalue weighted by Gasteiger charge is -2.23. The van der Waals surface area contributed by atoms with E-state index in [2.05, 4.69) is 60.3 Å². The van der Waals surface area contributed by atoms with Crippen molar-refractivity contribution < 1.29 is 4.79 Å². The van der Waals surface area contributed by atoms with Crippen LogP contribution in [0.5, 0.6) is 0 Å². The van der Waals surface area contributed by atoms with Gasteiger partial charge in [0.2, 0.25) is 0 Å². The fourth-order valence-corrected chi connectivity index (χ4v) is 2.32. The highest BCUT2D eigenvalue weighted by atomic mass is 16.1. The average molecular weight is 297 g/mol. The van der Waals surface area contributed by atoms with Crippen LogP contribution < -0.4 is 5.32 Å². The molecule has 0 spiro atoms. The van der Waals surface area contributed by atoms with Gasteiger partial charge in [-0.05, 0) is 30.4 Å². The van der Waals surface area contributed by atoms with Crippen LogP contribution in [0.15, 0.2) is 36.7 Å². The SMILES string of the molecule is CCc1ccc(C(NC(=O)c2cnc(C)cn2)C(C)C)cc1. The zero-order valence-corrected chi connectivity index (χ0v) is 13.6. The predicted octanol–water partition coefficient (Wildman–Crippen LogP) is 3.47. The smallest absolute Gasteiger partial charge is 0.271 e. The van der Waals surface area contributed by atoms with Gasteiger partial charge < -0.3 is 5.32 Å². The van der Waals surface area contributed by atoms with Gasteiger partial charge in [-0.3, -0.25) is 9.78 Å². The van der Waals surface area contributed by atoms with E-state index in [0.717, 1.165) is 17.7 Å². The van der Waals surface area contributed by atoms with Crippen molar-refractivity contribution in [3.05, 3.63) is 59.2 Å². The minimum atomic E-state index is -0.189. The first-order valence-corrected chi connectivity index (χ1v) is 7.69. The monoisotopic (exact) mass is 297 g/mol. The molecule has 1 N–H and O–H groups in total. The van der Waals surface area contributed by atoms with E-state index in [1.54, 1.807) is 6.20 Å². The maximum Gasteiger partial charge on any atom is 0.271 e. The number of aromatic nitrogens is 2. The Morgan fingerprint density at radius 2 is 1.82 bits per heavy atom. The Morgan fingerprint density at radius 1 is 1.14 bits per heavy atom. The Kier molecular flexibility index (Phi) is 5.26. The van der Waals surface area contributed by atoms with Crippen molar-refractivity contribution in [3.63, 3.8) is 0 Å². The second-order valence-electron chi connectivity index (χ2n) is 5.83. The molecule has 0 radical (unpaired) electrons. The minimum absolute atomic E-state index is 0.0403. The van der Waals surface area contributed by atoms with Crippen molar-refractivity contribution in [1.82, 2.24) is 15.3 Å². The van der Waals surface area contributed by atoms with Crippen molar-refractivity contribution >= 4 is 5.91 Å². The average Bonchev–Trinajstić information content (AvgIpc) is 2.53. The van der Waals surface area contributed by atoms with Gasteiger partial charge in [-0.2, -0.15) is 0 Å². The molecule has 2 rings (SSSR count). The number of rotatable bonds is 5. The van der Waals surface area contributed by atoms with Crippen molar-refractivity contribution in [3.8, 4) is 0 Å². The first-order valence-electron chi connectivity index (χ1n) is 7.69. The molecule has 0 saturated heterocycles. The van der Waals surface area contributed by atoms with Gasteiger partial charge in [-0.15, -0.1) is 0 Å². The number of carbonyl (C=O) groups is 1. The van der Waals surface area contributed by atoms with Crippen LogP contribution in [0, 0.1) is 12.8 Å². The van der Waals surface area contributed by atoms with Crippen LogP contribution in [0.4, 0.5) is 0 Å². The summed E-state index contributed by atoms with van der Waals surface area (Å²) in [6, 6.07) is 8.36. The van der Waals surface area contributed by atoms with E-state index >= 15 is 0 Å². The highest BCUT2D eigenvalue weighted by Crippen LogP contribution is 2.22. The number of carbonyl (C=O) groups excluding carboxylic acids is 1. The summed E-state index contributed by atoms with van der Waals surface area (Å²) in [4.78, 5) is 20.6. The fourth-order valence-electron chi connectivity index (χ4n) is 2.32. The summed E-state index contributed by atoms with van der Waals surface area (Å²) < 4.78 is 0. The molecule has 0 saturated carbocycles. The summed E-state index contributed by atoms with van der Waals surface area (Å²) in [5, 5.41) is 3.06. The third kappa shape index (κ3) is 3.91. The number of hydrogen-bond acceptors (Lipinski definition) is 3. The minimum Gasteiger partial charge on any atom is -0.344 e. The van der Waals surface area contributed by atoms with E-state index in [4.69, 9.17) is 0 Å². The molecule has 1 aromatic carbocycles. The van der Waals surface area contributed by atoms with Crippen LogP contribution in [0.25, 0.3) is 0 Å². The van der Waals surface area contributed by atoms with E-state index in [-0.39, 0.29) is 17.9 Å². The number of aryl methyl sites for hydroxylation is 2. The summed E-state index contributed by atoms with van der Waals surface area (Å²) in [7, 11) is 0. The van der Waals surface area contributed by atoms with Gasteiger partial charge >= 0.3 is 0 Å². The number of nitrogens with one attached hydrogen (secondary N) is 1. The molecule has 1 unspecified atom stereocenters. The summed E-state index contributed by atoms with van der Waals surface area (Å²) >= 11 is 0. The van der Waals surface area contributed by atoms with Crippen LogP contribution in [0.3, 0.4) is 0 Å². The Hall–Kier alpha value is -2.23. The summed E-state index contributed by atoms with van der Waals surface area (Å²) in [5.74, 6) is 0.0978. The maximum atomic E-state index is 12.4. The summed E-state index contributed by atoms with van der Waals surface area (Å²) in [5.41, 5.74) is 3.55. The zero-order chi connectivity index (χ0) is 16.1.